The van der Waals surface area contributed by atoms with Crippen LogP contribution >= 0.6 is 7.82 Å². The maximum Gasteiger partial charge on any atom is 2.00 e. The van der Waals surface area contributed by atoms with E-state index in [0.717, 1.165) is 0 Å². The molecule has 0 amide bonds. The summed E-state index contributed by atoms with van der Waals surface area (Å²) in [5.41, 5.74) is 0. The smallest absolute Gasteiger partial charge is 1.00 e. The van der Waals surface area contributed by atoms with Gasteiger partial charge in [-0.25, -0.2) is 4.57 Å². The van der Waals surface area contributed by atoms with E-state index in [9.17, 15) is 0 Å². The first-order chi connectivity index (χ1) is 4.00. The molecular weight excluding hydrogens is 343 g/mol. The van der Waals surface area contributed by atoms with Crippen LogP contribution in [0.3, 0.4) is 0 Å². The normalized spacial score (nSPS) is 7.80. The van der Waals surface area contributed by atoms with Crippen LogP contribution in [0.1, 0.15) is 8.56 Å². The summed E-state index contributed by atoms with van der Waals surface area (Å²) in [7, 11) is -9.31. The van der Waals surface area contributed by atoms with E-state index in [-0.39, 0.29) is 133 Å². The zero-order chi connectivity index (χ0) is 9.00. The van der Waals surface area contributed by atoms with Crippen molar-refractivity contribution in [3.05, 3.63) is 0 Å². The number of hydrogen-bond acceptors (Lipinski definition) is 3. The Hall–Kier alpha value is 3.68. The molecule has 0 heterocycles. The van der Waals surface area contributed by atoms with Crippen LogP contribution in [0.15, 0.2) is 0 Å². The monoisotopic (exact) mass is 358 g/mol. The fourth-order valence-corrected chi connectivity index (χ4v) is 0. The Morgan fingerprint density at radius 3 is 0.867 bits per heavy atom. The largest absolute Gasteiger partial charge is 2.00 e. The summed E-state index contributed by atoms with van der Waals surface area (Å²) in [6.07, 6.45) is 0. The molecule has 0 aliphatic heterocycles. The molecule has 9 N–H and O–H groups in total. The van der Waals surface area contributed by atoms with Gasteiger partial charge in [0.05, 0.1) is 0 Å². The van der Waals surface area contributed by atoms with Gasteiger partial charge >= 0.3 is 131 Å². The molecule has 0 bridgehead atoms. The van der Waals surface area contributed by atoms with Crippen LogP contribution < -0.4 is 0 Å². The molecule has 15 heteroatoms. The number of phosphoric acid groups is 1. The van der Waals surface area contributed by atoms with Gasteiger partial charge in [-0.1, -0.05) is 0 Å². The molecule has 0 rings (SSSR count). The van der Waals surface area contributed by atoms with Crippen molar-refractivity contribution in [3.63, 3.8) is 0 Å². The molecule has 0 aromatic heterocycles. The second kappa shape index (κ2) is 20.0. The first-order valence-electron chi connectivity index (χ1n) is 1.48. The quantitative estimate of drug-likeness (QED) is 0.164. The Labute approximate surface area is 184 Å². The Kier molecular flexibility index (Phi) is 57.1. The predicted molar refractivity (Wildman–Crippen MR) is 59.6 cm³/mol. The van der Waals surface area contributed by atoms with Gasteiger partial charge in [-0.05, 0) is 0 Å². The summed E-state index contributed by atoms with van der Waals surface area (Å²) < 4.78 is 40.5. The van der Waals surface area contributed by atoms with Crippen LogP contribution in [-0.4, -0.2) is 156 Å². The summed E-state index contributed by atoms with van der Waals surface area (Å²) in [6, 6.07) is 0. The van der Waals surface area contributed by atoms with Crippen LogP contribution in [-0.2, 0) is 15.0 Å². The molecule has 0 aromatic carbocycles. The van der Waals surface area contributed by atoms with Crippen molar-refractivity contribution in [1.82, 2.24) is 0 Å². The zero-order valence-corrected chi connectivity index (χ0v) is 15.8. The maximum absolute atomic E-state index is 8.88. The zero-order valence-electron chi connectivity index (χ0n) is 13.4. The van der Waals surface area contributed by atoms with Gasteiger partial charge in [0.1, 0.15) is 0 Å². The van der Waals surface area contributed by atoms with Crippen molar-refractivity contribution in [2.75, 3.05) is 0 Å². The molecule has 0 radical (unpaired) electrons. The van der Waals surface area contributed by atoms with Gasteiger partial charge in [0.25, 0.3) is 0 Å². The first kappa shape index (κ1) is 42.8. The maximum atomic E-state index is 8.88. The fraction of sp³-hybridized carbons (Fsp3) is 0. The van der Waals surface area contributed by atoms with Crippen LogP contribution in [0.2, 0.25) is 0 Å². The van der Waals surface area contributed by atoms with Crippen molar-refractivity contribution < 1.29 is 56.3 Å². The van der Waals surface area contributed by atoms with Crippen LogP contribution in [0.5, 0.6) is 0 Å². The third-order valence-electron chi connectivity index (χ3n) is 0. The van der Waals surface area contributed by atoms with Gasteiger partial charge in [-0.15, -0.1) is 0 Å². The number of hydrogen-bond donors (Lipinski definition) is 5. The van der Waals surface area contributed by atoms with Crippen molar-refractivity contribution in [2.45, 2.75) is 0 Å². The average molecular weight is 358 g/mol. The SMILES string of the molecule is O.O.O=P(O)(O)O.O=S(=O)(O)O.[Ca+2].[Ca+2].[Ca+2].[H-].[H-].[H-].[H-].[H-].[H-]. The van der Waals surface area contributed by atoms with Gasteiger partial charge in [0.15, 0.2) is 0 Å². The molecule has 92 valence electrons. The summed E-state index contributed by atoms with van der Waals surface area (Å²) in [5.74, 6) is 0. The summed E-state index contributed by atoms with van der Waals surface area (Å²) in [5, 5.41) is 0. The number of rotatable bonds is 0. The molecule has 10 nitrogen and oxygen atoms in total. The van der Waals surface area contributed by atoms with Gasteiger partial charge in [0, 0.05) is 0 Å². The molecule has 0 unspecified atom stereocenters. The Balaban J connectivity index is -0.00000000364. The van der Waals surface area contributed by atoms with Gasteiger partial charge < -0.3 is 34.2 Å². The molecule has 15 heavy (non-hydrogen) atoms. The minimum atomic E-state index is -4.67. The standard InChI is InChI=1S/3Ca.H3O4P.H2O4S.2H2O.6H/c;;;2*1-5(2,3)4;;;;;;;;/h;;;(H3,1,2,3,4);(H2,1,2,3,4);2*1H2;;;;;;/q3*+2;;;;;6*-1. The van der Waals surface area contributed by atoms with Crippen LogP contribution in [0, 0.1) is 0 Å². The van der Waals surface area contributed by atoms with Crippen molar-refractivity contribution in [1.29, 1.82) is 0 Å². The average Bonchev–Trinajstić information content (AvgIpc) is 1.12. The van der Waals surface area contributed by atoms with Gasteiger partial charge in [0.2, 0.25) is 0 Å². The van der Waals surface area contributed by atoms with E-state index in [0.29, 0.717) is 0 Å². The summed E-state index contributed by atoms with van der Waals surface area (Å²) in [6.45, 7) is 0. The Morgan fingerprint density at radius 1 is 0.867 bits per heavy atom. The molecule has 0 aromatic rings. The molecule has 0 spiro atoms. The van der Waals surface area contributed by atoms with Crippen LogP contribution in [0.4, 0.5) is 0 Å². The van der Waals surface area contributed by atoms with Crippen molar-refractivity contribution in [3.8, 4) is 0 Å². The van der Waals surface area contributed by atoms with Gasteiger partial charge in [-0.3, -0.25) is 9.11 Å². The van der Waals surface area contributed by atoms with Gasteiger partial charge in [-0.2, -0.15) is 8.42 Å². The molecule has 0 aliphatic carbocycles. The minimum Gasteiger partial charge on any atom is -1.00 e. The van der Waals surface area contributed by atoms with Crippen LogP contribution in [0.25, 0.3) is 0 Å². The van der Waals surface area contributed by atoms with E-state index < -0.39 is 18.2 Å². The fourth-order valence-electron chi connectivity index (χ4n) is 0. The predicted octanol–water partition coefficient (Wildman–Crippen LogP) is -3.70. The summed E-state index contributed by atoms with van der Waals surface area (Å²) in [4.78, 5) is 21.6. The molecular formula is H15Ca3O10PS. The van der Waals surface area contributed by atoms with E-state index in [4.69, 9.17) is 36.8 Å². The van der Waals surface area contributed by atoms with E-state index in [2.05, 4.69) is 0 Å². The van der Waals surface area contributed by atoms with E-state index in [1.54, 1.807) is 0 Å². The van der Waals surface area contributed by atoms with E-state index in [1.165, 1.54) is 0 Å². The Bertz CT molecular complexity index is 217. The first-order valence-corrected chi connectivity index (χ1v) is 4.44. The molecule has 0 aliphatic rings. The topological polar surface area (TPSA) is 215 Å². The molecule has 0 saturated heterocycles. The molecule has 0 fully saturated rings. The van der Waals surface area contributed by atoms with Crippen molar-refractivity contribution >= 4 is 131 Å². The third kappa shape index (κ3) is 321. The second-order valence-electron chi connectivity index (χ2n) is 0.961. The molecule has 0 atom stereocenters. The third-order valence-corrected chi connectivity index (χ3v) is 0. The molecule has 0 saturated carbocycles. The second-order valence-corrected chi connectivity index (χ2v) is 2.88. The van der Waals surface area contributed by atoms with E-state index >= 15 is 0 Å². The Morgan fingerprint density at radius 2 is 0.867 bits per heavy atom. The van der Waals surface area contributed by atoms with Crippen molar-refractivity contribution in [2.24, 2.45) is 0 Å². The van der Waals surface area contributed by atoms with E-state index in [1.807, 2.05) is 0 Å². The summed E-state index contributed by atoms with van der Waals surface area (Å²) >= 11 is 0. The minimum absolute atomic E-state index is 0.